The number of nitrogens with zero attached hydrogens (tertiary/aromatic N) is 3. The van der Waals surface area contributed by atoms with Crippen LogP contribution in [0.1, 0.15) is 61.9 Å². The van der Waals surface area contributed by atoms with Gasteiger partial charge in [-0.25, -0.2) is 0 Å². The van der Waals surface area contributed by atoms with Crippen LogP contribution in [0.5, 0.6) is 0 Å². The molecule has 5 aromatic rings. The molecule has 0 radical (unpaired) electrons. The first-order valence-electron chi connectivity index (χ1n) is 17.2. The third-order valence-corrected chi connectivity index (χ3v) is 11.3. The van der Waals surface area contributed by atoms with E-state index in [0.717, 1.165) is 76.1 Å². The first-order valence-corrected chi connectivity index (χ1v) is 17.2. The molecule has 2 aliphatic heterocycles. The Morgan fingerprint density at radius 3 is 1.51 bits per heavy atom. The molecule has 0 N–H and O–H groups in total. The number of hydrogen-bond donors (Lipinski definition) is 0. The summed E-state index contributed by atoms with van der Waals surface area (Å²) in [6, 6.07) is 38.1. The van der Waals surface area contributed by atoms with Crippen molar-refractivity contribution in [1.29, 1.82) is 0 Å². The summed E-state index contributed by atoms with van der Waals surface area (Å²) in [5.74, 6) is 0.541. The number of aromatic nitrogens is 1. The number of pyridine rings is 1. The molecule has 2 fully saturated rings. The van der Waals surface area contributed by atoms with Gasteiger partial charge < -0.3 is 4.40 Å². The minimum Gasteiger partial charge on any atom is -0.319 e. The molecule has 4 heterocycles. The second-order valence-electron chi connectivity index (χ2n) is 13.7. The van der Waals surface area contributed by atoms with Crippen LogP contribution in [-0.4, -0.2) is 51.9 Å². The lowest BCUT2D eigenvalue weighted by molar-refractivity contribution is -0.125. The average Bonchev–Trinajstić information content (AvgIpc) is 3.42. The summed E-state index contributed by atoms with van der Waals surface area (Å²) in [6.07, 6.45) is 5.53. The van der Waals surface area contributed by atoms with E-state index >= 15 is 0 Å². The van der Waals surface area contributed by atoms with Crippen LogP contribution in [0.4, 0.5) is 0 Å². The Kier molecular flexibility index (Phi) is 8.69. The van der Waals surface area contributed by atoms with Crippen molar-refractivity contribution in [2.24, 2.45) is 0 Å². The van der Waals surface area contributed by atoms with Gasteiger partial charge in [0.25, 0.3) is 0 Å². The standard InChI is InChI=1S/C42H45N3O2/c1-32(46)41(35-16-8-4-9-17-35)21-26-43(27-22-41)30-37-38-20-12-13-25-45(38)39(40(37)34-14-6-3-7-15-34)31-44-28-23-42(24-29-44,33(2)47)36-18-10-5-11-19-36/h3-20,25H,21-24,26-31H2,1-2H3. The van der Waals surface area contributed by atoms with Crippen molar-refractivity contribution in [2.45, 2.75) is 63.5 Å². The third-order valence-electron chi connectivity index (χ3n) is 11.3. The monoisotopic (exact) mass is 623 g/mol. The molecule has 2 aliphatic rings. The Morgan fingerprint density at radius 2 is 1.02 bits per heavy atom. The largest absolute Gasteiger partial charge is 0.319 e. The normalized spacial score (nSPS) is 18.3. The Morgan fingerprint density at radius 1 is 0.574 bits per heavy atom. The number of hydrogen-bond acceptors (Lipinski definition) is 4. The van der Waals surface area contributed by atoms with Crippen molar-refractivity contribution in [3.05, 3.63) is 138 Å². The Hall–Kier alpha value is -4.32. The molecule has 5 nitrogen and oxygen atoms in total. The van der Waals surface area contributed by atoms with E-state index in [0.29, 0.717) is 0 Å². The van der Waals surface area contributed by atoms with Crippen LogP contribution >= 0.6 is 0 Å². The maximum atomic E-state index is 13.1. The summed E-state index contributed by atoms with van der Waals surface area (Å²) in [7, 11) is 0. The summed E-state index contributed by atoms with van der Waals surface area (Å²) in [6.45, 7) is 8.69. The van der Waals surface area contributed by atoms with Crippen molar-refractivity contribution in [3.8, 4) is 11.1 Å². The second kappa shape index (κ2) is 13.1. The molecule has 2 aromatic heterocycles. The number of ketones is 2. The first kappa shape index (κ1) is 31.3. The summed E-state index contributed by atoms with van der Waals surface area (Å²) < 4.78 is 2.40. The van der Waals surface area contributed by atoms with Gasteiger partial charge in [-0.1, -0.05) is 97.1 Å². The topological polar surface area (TPSA) is 45.0 Å². The first-order chi connectivity index (χ1) is 22.9. The number of Topliss-reactive ketones (excluding diaryl/α,β-unsaturated/α-hetero) is 2. The molecule has 0 bridgehead atoms. The van der Waals surface area contributed by atoms with Gasteiger partial charge in [-0.2, -0.15) is 0 Å². The molecule has 3 aromatic carbocycles. The van der Waals surface area contributed by atoms with E-state index in [1.807, 2.05) is 12.1 Å². The zero-order valence-corrected chi connectivity index (χ0v) is 27.7. The number of carbonyl (C=O) groups is 2. The number of likely N-dealkylation sites (tertiary alicyclic amines) is 2. The average molecular weight is 624 g/mol. The molecular formula is C42H45N3O2. The molecule has 0 atom stereocenters. The Balaban J connectivity index is 1.19. The zero-order valence-electron chi connectivity index (χ0n) is 27.7. The summed E-state index contributed by atoms with van der Waals surface area (Å²) >= 11 is 0. The molecular weight excluding hydrogens is 578 g/mol. The highest BCUT2D eigenvalue weighted by Crippen LogP contribution is 2.41. The number of rotatable bonds is 9. The fourth-order valence-corrected chi connectivity index (χ4v) is 8.43. The highest BCUT2D eigenvalue weighted by atomic mass is 16.1. The second-order valence-corrected chi connectivity index (χ2v) is 13.7. The SMILES string of the molecule is CC(=O)C1(c2ccccc2)CCN(Cc2c(-c3ccccc3)c(CN3CCC(C(C)=O)(c4ccccc4)CC3)n3ccccc23)CC1. The molecule has 7 rings (SSSR count). The zero-order chi connectivity index (χ0) is 32.4. The van der Waals surface area contributed by atoms with Crippen LogP contribution in [0.25, 0.3) is 16.6 Å². The molecule has 0 saturated carbocycles. The fraction of sp³-hybridized carbons (Fsp3) is 0.333. The fourth-order valence-electron chi connectivity index (χ4n) is 8.43. The van der Waals surface area contributed by atoms with Crippen LogP contribution in [0.15, 0.2) is 115 Å². The maximum absolute atomic E-state index is 13.1. The molecule has 0 amide bonds. The van der Waals surface area contributed by atoms with Crippen molar-refractivity contribution < 1.29 is 9.59 Å². The van der Waals surface area contributed by atoms with Crippen LogP contribution in [0, 0.1) is 0 Å². The highest BCUT2D eigenvalue weighted by molar-refractivity contribution is 5.89. The van der Waals surface area contributed by atoms with E-state index in [4.69, 9.17) is 0 Å². The lowest BCUT2D eigenvalue weighted by Gasteiger charge is -2.41. The van der Waals surface area contributed by atoms with E-state index in [9.17, 15) is 9.59 Å². The van der Waals surface area contributed by atoms with Gasteiger partial charge in [-0.15, -0.1) is 0 Å². The van der Waals surface area contributed by atoms with E-state index in [-0.39, 0.29) is 11.6 Å². The van der Waals surface area contributed by atoms with Crippen LogP contribution < -0.4 is 0 Å². The molecule has 240 valence electrons. The molecule has 47 heavy (non-hydrogen) atoms. The van der Waals surface area contributed by atoms with Gasteiger partial charge >= 0.3 is 0 Å². The quantitative estimate of drug-likeness (QED) is 0.168. The van der Waals surface area contributed by atoms with E-state index < -0.39 is 10.8 Å². The minimum atomic E-state index is -0.407. The van der Waals surface area contributed by atoms with Gasteiger partial charge in [0, 0.05) is 30.5 Å². The predicted octanol–water partition coefficient (Wildman–Crippen LogP) is 7.85. The molecule has 2 saturated heterocycles. The van der Waals surface area contributed by atoms with Crippen molar-refractivity contribution in [1.82, 2.24) is 14.2 Å². The van der Waals surface area contributed by atoms with Crippen molar-refractivity contribution in [2.75, 3.05) is 26.2 Å². The number of fused-ring (bicyclic) bond motifs is 1. The number of benzene rings is 3. The molecule has 5 heteroatoms. The van der Waals surface area contributed by atoms with Crippen molar-refractivity contribution >= 4 is 17.1 Å². The number of carbonyl (C=O) groups excluding carboxylic acids is 2. The summed E-state index contributed by atoms with van der Waals surface area (Å²) in [5, 5.41) is 0. The van der Waals surface area contributed by atoms with Gasteiger partial charge in [-0.3, -0.25) is 19.4 Å². The molecule has 0 unspecified atom stereocenters. The Labute approximate surface area is 278 Å². The van der Waals surface area contributed by atoms with E-state index in [1.54, 1.807) is 13.8 Å². The van der Waals surface area contributed by atoms with Gasteiger partial charge in [0.2, 0.25) is 0 Å². The van der Waals surface area contributed by atoms with Crippen LogP contribution in [-0.2, 0) is 33.5 Å². The van der Waals surface area contributed by atoms with Gasteiger partial charge in [0.1, 0.15) is 11.6 Å². The maximum Gasteiger partial charge on any atom is 0.140 e. The summed E-state index contributed by atoms with van der Waals surface area (Å²) in [5.41, 5.74) is 7.93. The highest BCUT2D eigenvalue weighted by Gasteiger charge is 2.42. The summed E-state index contributed by atoms with van der Waals surface area (Å²) in [4.78, 5) is 31.3. The predicted molar refractivity (Wildman–Crippen MR) is 189 cm³/mol. The van der Waals surface area contributed by atoms with Crippen molar-refractivity contribution in [3.63, 3.8) is 0 Å². The molecule has 0 spiro atoms. The molecule has 0 aliphatic carbocycles. The lowest BCUT2D eigenvalue weighted by Crippen LogP contribution is -2.46. The van der Waals surface area contributed by atoms with Gasteiger partial charge in [-0.05, 0) is 100 Å². The van der Waals surface area contributed by atoms with Crippen LogP contribution in [0.2, 0.25) is 0 Å². The lowest BCUT2D eigenvalue weighted by atomic mass is 9.70. The van der Waals surface area contributed by atoms with E-state index in [1.165, 1.54) is 27.9 Å². The van der Waals surface area contributed by atoms with Crippen LogP contribution in [0.3, 0.4) is 0 Å². The van der Waals surface area contributed by atoms with E-state index in [2.05, 4.69) is 117 Å². The smallest absolute Gasteiger partial charge is 0.140 e. The minimum absolute atomic E-state index is 0.270. The Bertz CT molecular complexity index is 1730. The number of piperidine rings is 2. The third kappa shape index (κ3) is 5.77. The van der Waals surface area contributed by atoms with Gasteiger partial charge in [0.15, 0.2) is 0 Å². The van der Waals surface area contributed by atoms with Gasteiger partial charge in [0.05, 0.1) is 16.3 Å².